The maximum Gasteiger partial charge on any atom is 0.244 e. The predicted molar refractivity (Wildman–Crippen MR) is 138 cm³/mol. The summed E-state index contributed by atoms with van der Waals surface area (Å²) in [4.78, 5) is 27.9. The molecule has 2 aromatic rings. The first kappa shape index (κ1) is 28.0. The number of sulfonamides is 1. The maximum atomic E-state index is 13.6. The molecule has 0 aliphatic carbocycles. The van der Waals surface area contributed by atoms with Gasteiger partial charge in [-0.3, -0.25) is 13.9 Å². The lowest BCUT2D eigenvalue weighted by atomic mass is 10.1. The zero-order valence-electron chi connectivity index (χ0n) is 19.6. The SMILES string of the molecule is CCCCNC(=O)[C@@H](CC)N(Cc1ccccc1Cl)C(=O)CN(c1cccc(Cl)c1)S(C)(=O)=O. The molecule has 0 aliphatic rings. The third-order valence-corrected chi connectivity index (χ3v) is 7.03. The lowest BCUT2D eigenvalue weighted by Gasteiger charge is -2.33. The summed E-state index contributed by atoms with van der Waals surface area (Å²) in [6.07, 6.45) is 3.11. The van der Waals surface area contributed by atoms with Crippen molar-refractivity contribution in [1.82, 2.24) is 10.2 Å². The molecule has 0 radical (unpaired) electrons. The molecule has 0 bridgehead atoms. The minimum atomic E-state index is -3.81. The molecule has 1 N–H and O–H groups in total. The van der Waals surface area contributed by atoms with Crippen LogP contribution in [0.4, 0.5) is 5.69 Å². The number of anilines is 1. The van der Waals surface area contributed by atoms with Crippen molar-refractivity contribution in [3.8, 4) is 0 Å². The highest BCUT2D eigenvalue weighted by Gasteiger charge is 2.32. The van der Waals surface area contributed by atoms with Gasteiger partial charge in [0.05, 0.1) is 11.9 Å². The molecule has 0 fully saturated rings. The molecule has 0 spiro atoms. The molecule has 34 heavy (non-hydrogen) atoms. The van der Waals surface area contributed by atoms with Gasteiger partial charge in [-0.15, -0.1) is 0 Å². The summed E-state index contributed by atoms with van der Waals surface area (Å²) in [5.41, 5.74) is 0.924. The number of carbonyl (C=O) groups excluding carboxylic acids is 2. The zero-order valence-corrected chi connectivity index (χ0v) is 22.0. The number of halogens is 2. The van der Waals surface area contributed by atoms with Crippen LogP contribution in [-0.2, 0) is 26.2 Å². The molecule has 186 valence electrons. The van der Waals surface area contributed by atoms with Gasteiger partial charge in [-0.05, 0) is 42.7 Å². The first-order valence-electron chi connectivity index (χ1n) is 11.1. The lowest BCUT2D eigenvalue weighted by Crippen LogP contribution is -2.52. The van der Waals surface area contributed by atoms with Crippen LogP contribution in [0, 0.1) is 0 Å². The van der Waals surface area contributed by atoms with Crippen molar-refractivity contribution in [2.24, 2.45) is 0 Å². The monoisotopic (exact) mass is 527 g/mol. The van der Waals surface area contributed by atoms with Crippen LogP contribution in [0.5, 0.6) is 0 Å². The summed E-state index contributed by atoms with van der Waals surface area (Å²) in [7, 11) is -3.81. The fourth-order valence-electron chi connectivity index (χ4n) is 3.48. The highest BCUT2D eigenvalue weighted by Crippen LogP contribution is 2.24. The maximum absolute atomic E-state index is 13.6. The molecule has 0 aliphatic heterocycles. The van der Waals surface area contributed by atoms with Crippen molar-refractivity contribution in [3.63, 3.8) is 0 Å². The molecule has 0 unspecified atom stereocenters. The standard InChI is InChI=1S/C24H31Cl2N3O4S/c1-4-6-14-27-24(31)22(5-2)28(16-18-10-7-8-13-21(18)26)23(30)17-29(34(3,32)33)20-12-9-11-19(25)15-20/h7-13,15,22H,4-6,14,16-17H2,1-3H3,(H,27,31)/t22-/m1/s1. The number of unbranched alkanes of at least 4 members (excludes halogenated alkanes) is 1. The summed E-state index contributed by atoms with van der Waals surface area (Å²) in [6, 6.07) is 12.5. The van der Waals surface area contributed by atoms with Gasteiger partial charge in [0.15, 0.2) is 0 Å². The number of hydrogen-bond donors (Lipinski definition) is 1. The zero-order chi connectivity index (χ0) is 25.3. The van der Waals surface area contributed by atoms with Crippen LogP contribution in [0.3, 0.4) is 0 Å². The molecular weight excluding hydrogens is 497 g/mol. The Morgan fingerprint density at radius 3 is 2.35 bits per heavy atom. The fraction of sp³-hybridized carbons (Fsp3) is 0.417. The molecule has 1 atom stereocenters. The van der Waals surface area contributed by atoms with E-state index in [1.165, 1.54) is 11.0 Å². The van der Waals surface area contributed by atoms with Crippen LogP contribution in [0.2, 0.25) is 10.0 Å². The number of benzene rings is 2. The van der Waals surface area contributed by atoms with E-state index in [1.54, 1.807) is 42.5 Å². The van der Waals surface area contributed by atoms with Gasteiger partial charge in [0, 0.05) is 23.1 Å². The Morgan fingerprint density at radius 1 is 1.06 bits per heavy atom. The Balaban J connectivity index is 2.41. The molecular formula is C24H31Cl2N3O4S. The van der Waals surface area contributed by atoms with E-state index in [4.69, 9.17) is 23.2 Å². The smallest absolute Gasteiger partial charge is 0.244 e. The number of amides is 2. The summed E-state index contributed by atoms with van der Waals surface area (Å²) in [5.74, 6) is -0.812. The van der Waals surface area contributed by atoms with Crippen LogP contribution in [0.15, 0.2) is 48.5 Å². The van der Waals surface area contributed by atoms with Crippen LogP contribution >= 0.6 is 23.2 Å². The quantitative estimate of drug-likeness (QED) is 0.412. The van der Waals surface area contributed by atoms with Gasteiger partial charge in [-0.1, -0.05) is 67.7 Å². The highest BCUT2D eigenvalue weighted by molar-refractivity contribution is 7.92. The summed E-state index contributed by atoms with van der Waals surface area (Å²) < 4.78 is 26.1. The first-order chi connectivity index (χ1) is 16.1. The van der Waals surface area contributed by atoms with Gasteiger partial charge >= 0.3 is 0 Å². The number of nitrogens with zero attached hydrogens (tertiary/aromatic N) is 2. The third-order valence-electron chi connectivity index (χ3n) is 5.29. The second-order valence-electron chi connectivity index (χ2n) is 7.93. The Morgan fingerprint density at radius 2 is 1.76 bits per heavy atom. The minimum Gasteiger partial charge on any atom is -0.354 e. The summed E-state index contributed by atoms with van der Waals surface area (Å²) in [6.45, 7) is 3.90. The minimum absolute atomic E-state index is 0.0609. The molecule has 10 heteroatoms. The second-order valence-corrected chi connectivity index (χ2v) is 10.7. The van der Waals surface area contributed by atoms with Gasteiger partial charge in [0.1, 0.15) is 12.6 Å². The molecule has 2 amide bonds. The Bertz CT molecular complexity index is 1100. The second kappa shape index (κ2) is 13.0. The predicted octanol–water partition coefficient (Wildman–Crippen LogP) is 4.48. The normalized spacial score (nSPS) is 12.1. The van der Waals surface area contributed by atoms with E-state index in [0.717, 1.165) is 23.4 Å². The molecule has 0 saturated heterocycles. The van der Waals surface area contributed by atoms with E-state index in [-0.39, 0.29) is 18.1 Å². The van der Waals surface area contributed by atoms with Crippen LogP contribution < -0.4 is 9.62 Å². The lowest BCUT2D eigenvalue weighted by molar-refractivity contribution is -0.140. The van der Waals surface area contributed by atoms with Gasteiger partial charge in [0.2, 0.25) is 21.8 Å². The summed E-state index contributed by atoms with van der Waals surface area (Å²) >= 11 is 12.4. The van der Waals surface area contributed by atoms with E-state index in [0.29, 0.717) is 28.6 Å². The number of hydrogen-bond acceptors (Lipinski definition) is 4. The van der Waals surface area contributed by atoms with Crippen LogP contribution in [-0.4, -0.2) is 50.5 Å². The molecule has 7 nitrogen and oxygen atoms in total. The van der Waals surface area contributed by atoms with Gasteiger partial charge in [-0.25, -0.2) is 8.42 Å². The average Bonchev–Trinajstić information content (AvgIpc) is 2.77. The van der Waals surface area contributed by atoms with Crippen molar-refractivity contribution in [2.45, 2.75) is 45.7 Å². The van der Waals surface area contributed by atoms with Gasteiger partial charge in [-0.2, -0.15) is 0 Å². The number of carbonyl (C=O) groups is 2. The van der Waals surface area contributed by atoms with Crippen molar-refractivity contribution in [3.05, 3.63) is 64.1 Å². The third kappa shape index (κ3) is 7.89. The fourth-order valence-corrected chi connectivity index (χ4v) is 4.70. The van der Waals surface area contributed by atoms with E-state index < -0.39 is 28.5 Å². The number of rotatable bonds is 12. The van der Waals surface area contributed by atoms with Crippen molar-refractivity contribution < 1.29 is 18.0 Å². The Kier molecular flexibility index (Phi) is 10.7. The largest absolute Gasteiger partial charge is 0.354 e. The molecule has 2 rings (SSSR count). The van der Waals surface area contributed by atoms with Gasteiger partial charge < -0.3 is 10.2 Å². The molecule has 0 aromatic heterocycles. The van der Waals surface area contributed by atoms with Crippen LogP contribution in [0.1, 0.15) is 38.7 Å². The van der Waals surface area contributed by atoms with Crippen molar-refractivity contribution in [1.29, 1.82) is 0 Å². The molecule has 0 heterocycles. The Labute approximate surface area is 212 Å². The van der Waals surface area contributed by atoms with E-state index in [9.17, 15) is 18.0 Å². The average molecular weight is 529 g/mol. The summed E-state index contributed by atoms with van der Waals surface area (Å²) in [5, 5.41) is 3.67. The Hall–Kier alpha value is -2.29. The highest BCUT2D eigenvalue weighted by atomic mass is 35.5. The van der Waals surface area contributed by atoms with Crippen molar-refractivity contribution >= 4 is 50.7 Å². The van der Waals surface area contributed by atoms with E-state index in [1.807, 2.05) is 13.8 Å². The molecule has 2 aromatic carbocycles. The van der Waals surface area contributed by atoms with Gasteiger partial charge in [0.25, 0.3) is 0 Å². The van der Waals surface area contributed by atoms with E-state index in [2.05, 4.69) is 5.32 Å². The first-order valence-corrected chi connectivity index (χ1v) is 13.7. The number of nitrogens with one attached hydrogen (secondary N) is 1. The van der Waals surface area contributed by atoms with E-state index >= 15 is 0 Å². The van der Waals surface area contributed by atoms with Crippen molar-refractivity contribution in [2.75, 3.05) is 23.7 Å². The van der Waals surface area contributed by atoms with Crippen LogP contribution in [0.25, 0.3) is 0 Å². The topological polar surface area (TPSA) is 86.8 Å². The molecule has 0 saturated carbocycles.